The predicted molar refractivity (Wildman–Crippen MR) is 93.6 cm³/mol. The molecule has 0 spiro atoms. The Morgan fingerprint density at radius 1 is 1.22 bits per heavy atom. The summed E-state index contributed by atoms with van der Waals surface area (Å²) in [5.74, 6) is 0.219. The second-order valence-corrected chi connectivity index (χ2v) is 6.19. The SMILES string of the molecule is CCCCC(=O)Nc1ccc(NC(=O)C2CCNCC2)cc1C. The highest BCUT2D eigenvalue weighted by molar-refractivity contribution is 5.94. The van der Waals surface area contributed by atoms with Gasteiger partial charge in [0.2, 0.25) is 11.8 Å². The fourth-order valence-corrected chi connectivity index (χ4v) is 2.76. The summed E-state index contributed by atoms with van der Waals surface area (Å²) < 4.78 is 0. The van der Waals surface area contributed by atoms with Gasteiger partial charge in [0, 0.05) is 23.7 Å². The fourth-order valence-electron chi connectivity index (χ4n) is 2.76. The molecule has 5 heteroatoms. The Bertz CT molecular complexity index is 551. The van der Waals surface area contributed by atoms with Crippen molar-refractivity contribution in [2.24, 2.45) is 5.92 Å². The molecule has 5 nitrogen and oxygen atoms in total. The van der Waals surface area contributed by atoms with E-state index in [1.165, 1.54) is 0 Å². The van der Waals surface area contributed by atoms with Crippen molar-refractivity contribution in [3.63, 3.8) is 0 Å². The van der Waals surface area contributed by atoms with E-state index in [2.05, 4.69) is 22.9 Å². The van der Waals surface area contributed by atoms with Gasteiger partial charge >= 0.3 is 0 Å². The van der Waals surface area contributed by atoms with Crippen molar-refractivity contribution < 1.29 is 9.59 Å². The topological polar surface area (TPSA) is 70.2 Å². The first kappa shape index (κ1) is 17.5. The molecule has 3 N–H and O–H groups in total. The fraction of sp³-hybridized carbons (Fsp3) is 0.556. The number of amides is 2. The molecule has 1 heterocycles. The number of hydrogen-bond donors (Lipinski definition) is 3. The molecule has 126 valence electrons. The van der Waals surface area contributed by atoms with Crippen LogP contribution in [-0.2, 0) is 9.59 Å². The Labute approximate surface area is 138 Å². The van der Waals surface area contributed by atoms with E-state index in [-0.39, 0.29) is 17.7 Å². The molecule has 23 heavy (non-hydrogen) atoms. The van der Waals surface area contributed by atoms with Crippen molar-refractivity contribution in [2.75, 3.05) is 23.7 Å². The highest BCUT2D eigenvalue weighted by Crippen LogP contribution is 2.22. The van der Waals surface area contributed by atoms with Gasteiger partial charge < -0.3 is 16.0 Å². The smallest absolute Gasteiger partial charge is 0.227 e. The highest BCUT2D eigenvalue weighted by atomic mass is 16.2. The maximum absolute atomic E-state index is 12.3. The zero-order valence-electron chi connectivity index (χ0n) is 14.1. The van der Waals surface area contributed by atoms with Gasteiger partial charge in [0.1, 0.15) is 0 Å². The Morgan fingerprint density at radius 3 is 2.61 bits per heavy atom. The monoisotopic (exact) mass is 317 g/mol. The molecule has 1 aliphatic heterocycles. The zero-order chi connectivity index (χ0) is 16.7. The molecule has 1 aromatic carbocycles. The van der Waals surface area contributed by atoms with E-state index in [0.717, 1.165) is 55.7 Å². The number of carbonyl (C=O) groups excluding carboxylic acids is 2. The van der Waals surface area contributed by atoms with Gasteiger partial charge in [-0.2, -0.15) is 0 Å². The number of nitrogens with one attached hydrogen (secondary N) is 3. The minimum Gasteiger partial charge on any atom is -0.326 e. The van der Waals surface area contributed by atoms with Crippen LogP contribution in [0.2, 0.25) is 0 Å². The Morgan fingerprint density at radius 2 is 1.96 bits per heavy atom. The summed E-state index contributed by atoms with van der Waals surface area (Å²) >= 11 is 0. The van der Waals surface area contributed by atoms with E-state index < -0.39 is 0 Å². The number of rotatable bonds is 6. The van der Waals surface area contributed by atoms with Crippen LogP contribution in [0.25, 0.3) is 0 Å². The van der Waals surface area contributed by atoms with Gasteiger partial charge in [-0.15, -0.1) is 0 Å². The second-order valence-electron chi connectivity index (χ2n) is 6.19. The molecular weight excluding hydrogens is 290 g/mol. The van der Waals surface area contributed by atoms with Crippen molar-refractivity contribution in [1.82, 2.24) is 5.32 Å². The standard InChI is InChI=1S/C18H27N3O2/c1-3-4-5-17(22)21-16-7-6-15(12-13(16)2)20-18(23)14-8-10-19-11-9-14/h6-7,12,14,19H,3-5,8-11H2,1-2H3,(H,20,23)(H,21,22). The summed E-state index contributed by atoms with van der Waals surface area (Å²) in [6.45, 7) is 5.81. The zero-order valence-corrected chi connectivity index (χ0v) is 14.1. The number of anilines is 2. The van der Waals surface area contributed by atoms with Crippen LogP contribution < -0.4 is 16.0 Å². The van der Waals surface area contributed by atoms with Gasteiger partial charge in [0.25, 0.3) is 0 Å². The summed E-state index contributed by atoms with van der Waals surface area (Å²) in [4.78, 5) is 24.1. The van der Waals surface area contributed by atoms with Gasteiger partial charge in [0.15, 0.2) is 0 Å². The summed E-state index contributed by atoms with van der Waals surface area (Å²) in [6.07, 6.45) is 4.22. The molecule has 2 rings (SSSR count). The molecule has 1 aliphatic rings. The van der Waals surface area contributed by atoms with Crippen LogP contribution in [0.1, 0.15) is 44.6 Å². The number of piperidine rings is 1. The number of hydrogen-bond acceptors (Lipinski definition) is 3. The molecule has 0 radical (unpaired) electrons. The lowest BCUT2D eigenvalue weighted by atomic mass is 9.97. The van der Waals surface area contributed by atoms with Crippen molar-refractivity contribution in [3.8, 4) is 0 Å². The average Bonchev–Trinajstić information content (AvgIpc) is 2.56. The first-order valence-electron chi connectivity index (χ1n) is 8.52. The van der Waals surface area contributed by atoms with Crippen molar-refractivity contribution in [3.05, 3.63) is 23.8 Å². The molecule has 0 atom stereocenters. The highest BCUT2D eigenvalue weighted by Gasteiger charge is 2.20. The minimum absolute atomic E-state index is 0.0430. The quantitative estimate of drug-likeness (QED) is 0.755. The number of aryl methyl sites for hydroxylation is 1. The molecule has 0 bridgehead atoms. The van der Waals surface area contributed by atoms with Crippen molar-refractivity contribution in [2.45, 2.75) is 46.0 Å². The van der Waals surface area contributed by atoms with Crippen molar-refractivity contribution >= 4 is 23.2 Å². The Hall–Kier alpha value is -1.88. The molecule has 0 aliphatic carbocycles. The molecule has 2 amide bonds. The molecule has 0 unspecified atom stereocenters. The predicted octanol–water partition coefficient (Wildman–Crippen LogP) is 3.06. The van der Waals surface area contributed by atoms with Crippen LogP contribution in [0, 0.1) is 12.8 Å². The lowest BCUT2D eigenvalue weighted by molar-refractivity contribution is -0.120. The third-order valence-electron chi connectivity index (χ3n) is 4.24. The number of carbonyl (C=O) groups is 2. The normalized spacial score (nSPS) is 15.2. The van der Waals surface area contributed by atoms with Crippen LogP contribution >= 0.6 is 0 Å². The molecule has 1 fully saturated rings. The Balaban J connectivity index is 1.93. The largest absolute Gasteiger partial charge is 0.326 e. The summed E-state index contributed by atoms with van der Waals surface area (Å²) in [5, 5.41) is 9.18. The van der Waals surface area contributed by atoms with E-state index >= 15 is 0 Å². The van der Waals surface area contributed by atoms with E-state index in [1.807, 2.05) is 25.1 Å². The molecule has 1 aromatic rings. The molecule has 0 aromatic heterocycles. The van der Waals surface area contributed by atoms with E-state index in [1.54, 1.807) is 0 Å². The lowest BCUT2D eigenvalue weighted by Gasteiger charge is -2.22. The van der Waals surface area contributed by atoms with Gasteiger partial charge in [-0.1, -0.05) is 13.3 Å². The van der Waals surface area contributed by atoms with Crippen molar-refractivity contribution in [1.29, 1.82) is 0 Å². The van der Waals surface area contributed by atoms with E-state index in [0.29, 0.717) is 6.42 Å². The second kappa shape index (κ2) is 8.67. The molecule has 1 saturated heterocycles. The molecule has 0 saturated carbocycles. The summed E-state index contributed by atoms with van der Waals surface area (Å²) in [6, 6.07) is 5.62. The Kier molecular flexibility index (Phi) is 6.59. The minimum atomic E-state index is 0.0430. The van der Waals surface area contributed by atoms with Gasteiger partial charge in [-0.25, -0.2) is 0 Å². The van der Waals surface area contributed by atoms with E-state index in [4.69, 9.17) is 0 Å². The van der Waals surface area contributed by atoms with Crippen LogP contribution in [0.15, 0.2) is 18.2 Å². The van der Waals surface area contributed by atoms with Gasteiger partial charge in [0.05, 0.1) is 0 Å². The van der Waals surface area contributed by atoms with Crippen LogP contribution in [0.4, 0.5) is 11.4 Å². The average molecular weight is 317 g/mol. The van der Waals surface area contributed by atoms with Crippen LogP contribution in [-0.4, -0.2) is 24.9 Å². The van der Waals surface area contributed by atoms with Gasteiger partial charge in [-0.05, 0) is 63.0 Å². The van der Waals surface area contributed by atoms with Gasteiger partial charge in [-0.3, -0.25) is 9.59 Å². The third-order valence-corrected chi connectivity index (χ3v) is 4.24. The number of benzene rings is 1. The first-order valence-corrected chi connectivity index (χ1v) is 8.52. The summed E-state index contributed by atoms with van der Waals surface area (Å²) in [7, 11) is 0. The van der Waals surface area contributed by atoms with E-state index in [9.17, 15) is 9.59 Å². The summed E-state index contributed by atoms with van der Waals surface area (Å²) in [5.41, 5.74) is 2.56. The third kappa shape index (κ3) is 5.36. The number of unbranched alkanes of at least 4 members (excludes halogenated alkanes) is 1. The van der Waals surface area contributed by atoms with Crippen LogP contribution in [0.5, 0.6) is 0 Å². The maximum atomic E-state index is 12.3. The lowest BCUT2D eigenvalue weighted by Crippen LogP contribution is -2.34. The maximum Gasteiger partial charge on any atom is 0.227 e. The van der Waals surface area contributed by atoms with Crippen LogP contribution in [0.3, 0.4) is 0 Å². The first-order chi connectivity index (χ1) is 11.1. The molecular formula is C18H27N3O2.